The first-order chi connectivity index (χ1) is 14.3. The molecule has 0 spiro atoms. The molecule has 0 bridgehead atoms. The van der Waals surface area contributed by atoms with Crippen molar-refractivity contribution in [3.05, 3.63) is 35.1 Å². The molecular weight excluding hydrogens is 379 g/mol. The molecular formula is C25H39FN2O2. The highest BCUT2D eigenvalue weighted by Gasteiger charge is 2.35. The van der Waals surface area contributed by atoms with Crippen molar-refractivity contribution in [1.29, 1.82) is 0 Å². The molecule has 2 aliphatic rings. The van der Waals surface area contributed by atoms with Gasteiger partial charge in [0.15, 0.2) is 0 Å². The Labute approximate surface area is 181 Å². The van der Waals surface area contributed by atoms with Gasteiger partial charge < -0.3 is 10.0 Å². The number of rotatable bonds is 9. The van der Waals surface area contributed by atoms with Crippen molar-refractivity contribution in [3.8, 4) is 0 Å². The van der Waals surface area contributed by atoms with Crippen molar-refractivity contribution in [2.75, 3.05) is 32.7 Å². The van der Waals surface area contributed by atoms with Gasteiger partial charge in [-0.25, -0.2) is 4.39 Å². The van der Waals surface area contributed by atoms with Gasteiger partial charge in [0.2, 0.25) is 0 Å². The lowest BCUT2D eigenvalue weighted by Gasteiger charge is -2.34. The van der Waals surface area contributed by atoms with Crippen molar-refractivity contribution < 1.29 is 14.3 Å². The summed E-state index contributed by atoms with van der Waals surface area (Å²) in [7, 11) is 0. The van der Waals surface area contributed by atoms with Gasteiger partial charge in [-0.3, -0.25) is 9.69 Å². The molecule has 2 fully saturated rings. The number of hydrogen-bond acceptors (Lipinski definition) is 3. The van der Waals surface area contributed by atoms with Gasteiger partial charge in [-0.1, -0.05) is 32.4 Å². The van der Waals surface area contributed by atoms with E-state index >= 15 is 0 Å². The third-order valence-electron chi connectivity index (χ3n) is 7.26. The third kappa shape index (κ3) is 6.04. The van der Waals surface area contributed by atoms with Crippen LogP contribution in [0, 0.1) is 30.5 Å². The van der Waals surface area contributed by atoms with E-state index in [0.717, 1.165) is 69.0 Å². The van der Waals surface area contributed by atoms with Crippen LogP contribution < -0.4 is 0 Å². The number of carboxylic acid groups (broad SMARTS) is 1. The van der Waals surface area contributed by atoms with Gasteiger partial charge in [-0.05, 0) is 93.6 Å². The molecule has 0 radical (unpaired) electrons. The van der Waals surface area contributed by atoms with Crippen LogP contribution in [0.4, 0.5) is 4.39 Å². The molecule has 3 rings (SSSR count). The van der Waals surface area contributed by atoms with E-state index < -0.39 is 5.97 Å². The van der Waals surface area contributed by atoms with E-state index in [1.165, 1.54) is 19.3 Å². The van der Waals surface area contributed by atoms with E-state index in [0.29, 0.717) is 5.92 Å². The van der Waals surface area contributed by atoms with E-state index in [1.807, 2.05) is 26.8 Å². The topological polar surface area (TPSA) is 43.8 Å². The van der Waals surface area contributed by atoms with Crippen LogP contribution in [-0.4, -0.2) is 59.6 Å². The first-order valence-corrected chi connectivity index (χ1v) is 11.8. The molecule has 0 aliphatic carbocycles. The van der Waals surface area contributed by atoms with Crippen LogP contribution in [-0.2, 0) is 11.2 Å². The summed E-state index contributed by atoms with van der Waals surface area (Å²) >= 11 is 0. The molecule has 1 aromatic rings. The van der Waals surface area contributed by atoms with Crippen LogP contribution in [0.3, 0.4) is 0 Å². The zero-order valence-electron chi connectivity index (χ0n) is 18.9. The maximum atomic E-state index is 13.7. The minimum atomic E-state index is -0.681. The molecule has 1 N–H and O–H groups in total. The zero-order valence-corrected chi connectivity index (χ0v) is 18.9. The van der Waals surface area contributed by atoms with Crippen molar-refractivity contribution in [2.45, 2.75) is 65.3 Å². The predicted octanol–water partition coefficient (Wildman–Crippen LogP) is 4.60. The minimum Gasteiger partial charge on any atom is -0.480 e. The SMILES string of the molecule is Cc1c(F)cccc1CCCC1CCN(CC2CCN([C@@H](C(=O)O)C(C)C)C2)CC1. The first kappa shape index (κ1) is 23.2. The molecule has 1 aromatic carbocycles. The summed E-state index contributed by atoms with van der Waals surface area (Å²) in [5, 5.41) is 9.54. The number of aliphatic carboxylic acids is 1. The highest BCUT2D eigenvalue weighted by molar-refractivity contribution is 5.73. The second-order valence-corrected chi connectivity index (χ2v) is 9.84. The maximum Gasteiger partial charge on any atom is 0.321 e. The summed E-state index contributed by atoms with van der Waals surface area (Å²) in [4.78, 5) is 16.4. The number of nitrogens with zero attached hydrogens (tertiary/aromatic N) is 2. The zero-order chi connectivity index (χ0) is 21.7. The summed E-state index contributed by atoms with van der Waals surface area (Å²) < 4.78 is 13.7. The van der Waals surface area contributed by atoms with Gasteiger partial charge in [-0.2, -0.15) is 0 Å². The molecule has 2 atom stereocenters. The van der Waals surface area contributed by atoms with Gasteiger partial charge in [0.1, 0.15) is 11.9 Å². The number of hydrogen-bond donors (Lipinski definition) is 1. The monoisotopic (exact) mass is 418 g/mol. The lowest BCUT2D eigenvalue weighted by molar-refractivity contribution is -0.144. The highest BCUT2D eigenvalue weighted by Crippen LogP contribution is 2.27. The Bertz CT molecular complexity index is 700. The van der Waals surface area contributed by atoms with Gasteiger partial charge in [0.05, 0.1) is 0 Å². The van der Waals surface area contributed by atoms with Crippen LogP contribution in [0.5, 0.6) is 0 Å². The Kier molecular flexibility index (Phi) is 8.29. The number of likely N-dealkylation sites (tertiary alicyclic amines) is 2. The Morgan fingerprint density at radius 1 is 1.17 bits per heavy atom. The fraction of sp³-hybridized carbons (Fsp3) is 0.720. The van der Waals surface area contributed by atoms with Crippen molar-refractivity contribution in [2.24, 2.45) is 17.8 Å². The number of carbonyl (C=O) groups is 1. The van der Waals surface area contributed by atoms with Crippen molar-refractivity contribution >= 4 is 5.97 Å². The molecule has 0 amide bonds. The number of benzene rings is 1. The molecule has 0 saturated carbocycles. The molecule has 1 unspecified atom stereocenters. The van der Waals surface area contributed by atoms with E-state index in [2.05, 4.69) is 15.9 Å². The second-order valence-electron chi connectivity index (χ2n) is 9.84. The van der Waals surface area contributed by atoms with Crippen LogP contribution in [0.25, 0.3) is 0 Å². The Morgan fingerprint density at radius 2 is 1.87 bits per heavy atom. The quantitative estimate of drug-likeness (QED) is 0.637. The van der Waals surface area contributed by atoms with E-state index in [4.69, 9.17) is 0 Å². The predicted molar refractivity (Wildman–Crippen MR) is 119 cm³/mol. The fourth-order valence-corrected chi connectivity index (χ4v) is 5.45. The van der Waals surface area contributed by atoms with Crippen LogP contribution in [0.2, 0.25) is 0 Å². The molecule has 168 valence electrons. The average Bonchev–Trinajstić information content (AvgIpc) is 3.13. The molecule has 2 aliphatic heterocycles. The normalized spacial score (nSPS) is 22.6. The number of halogens is 1. The van der Waals surface area contributed by atoms with Crippen molar-refractivity contribution in [3.63, 3.8) is 0 Å². The van der Waals surface area contributed by atoms with Gasteiger partial charge >= 0.3 is 5.97 Å². The summed E-state index contributed by atoms with van der Waals surface area (Å²) in [5.41, 5.74) is 1.96. The van der Waals surface area contributed by atoms with Gasteiger partial charge in [0.25, 0.3) is 0 Å². The first-order valence-electron chi connectivity index (χ1n) is 11.8. The lowest BCUT2D eigenvalue weighted by atomic mass is 9.90. The van der Waals surface area contributed by atoms with Crippen molar-refractivity contribution in [1.82, 2.24) is 9.80 Å². The third-order valence-corrected chi connectivity index (χ3v) is 7.26. The lowest BCUT2D eigenvalue weighted by Crippen LogP contribution is -2.44. The molecule has 30 heavy (non-hydrogen) atoms. The molecule has 0 aromatic heterocycles. The Hall–Kier alpha value is -1.46. The van der Waals surface area contributed by atoms with Crippen LogP contribution in [0.1, 0.15) is 57.1 Å². The van der Waals surface area contributed by atoms with Gasteiger partial charge in [-0.15, -0.1) is 0 Å². The van der Waals surface area contributed by atoms with Crippen LogP contribution >= 0.6 is 0 Å². The summed E-state index contributed by atoms with van der Waals surface area (Å²) in [6, 6.07) is 5.07. The minimum absolute atomic E-state index is 0.0886. The smallest absolute Gasteiger partial charge is 0.321 e. The van der Waals surface area contributed by atoms with E-state index in [9.17, 15) is 14.3 Å². The molecule has 4 nitrogen and oxygen atoms in total. The number of piperidine rings is 1. The average molecular weight is 419 g/mol. The van der Waals surface area contributed by atoms with E-state index in [1.54, 1.807) is 6.07 Å². The van der Waals surface area contributed by atoms with Crippen LogP contribution in [0.15, 0.2) is 18.2 Å². The molecule has 2 heterocycles. The van der Waals surface area contributed by atoms with E-state index in [-0.39, 0.29) is 17.8 Å². The largest absolute Gasteiger partial charge is 0.480 e. The maximum absolute atomic E-state index is 13.7. The highest BCUT2D eigenvalue weighted by atomic mass is 19.1. The summed E-state index contributed by atoms with van der Waals surface area (Å²) in [5.74, 6) is 0.757. The summed E-state index contributed by atoms with van der Waals surface area (Å²) in [6.45, 7) is 11.2. The Balaban J connectivity index is 1.36. The number of aryl methyl sites for hydroxylation is 1. The molecule has 5 heteroatoms. The number of carboxylic acids is 1. The standard InChI is InChI=1S/C25H39FN2O2/c1-18(2)24(25(29)30)28-15-12-21(17-28)16-27-13-10-20(11-14-27)6-4-7-22-8-5-9-23(26)19(22)3/h5,8-9,18,20-21,24H,4,6-7,10-17H2,1-3H3,(H,29,30)/t21?,24-/m1/s1. The fourth-order valence-electron chi connectivity index (χ4n) is 5.45. The summed E-state index contributed by atoms with van der Waals surface area (Å²) in [6.07, 6.45) is 6.96. The van der Waals surface area contributed by atoms with Gasteiger partial charge in [0, 0.05) is 13.1 Å². The Morgan fingerprint density at radius 3 is 2.53 bits per heavy atom. The second kappa shape index (κ2) is 10.7. The molecule has 2 saturated heterocycles.